The highest BCUT2D eigenvalue weighted by atomic mass is 19.2. The molecular weight excluding hydrogens is 314 g/mol. The molecule has 0 atom stereocenters. The second-order valence-electron chi connectivity index (χ2n) is 8.24. The van der Waals surface area contributed by atoms with Crippen LogP contribution in [0.1, 0.15) is 82.6 Å². The van der Waals surface area contributed by atoms with Gasteiger partial charge in [-0.25, -0.2) is 8.78 Å². The van der Waals surface area contributed by atoms with E-state index in [9.17, 15) is 8.78 Å². The molecule has 0 bridgehead atoms. The van der Waals surface area contributed by atoms with Crippen molar-refractivity contribution < 1.29 is 8.78 Å². The smallest absolute Gasteiger partial charge is 0.159 e. The molecule has 0 spiro atoms. The summed E-state index contributed by atoms with van der Waals surface area (Å²) >= 11 is 0. The Labute approximate surface area is 151 Å². The molecule has 1 aromatic carbocycles. The third kappa shape index (κ3) is 5.15. The zero-order valence-electron chi connectivity index (χ0n) is 15.5. The van der Waals surface area contributed by atoms with Gasteiger partial charge >= 0.3 is 0 Å². The number of allylic oxidation sites excluding steroid dienone is 2. The first kappa shape index (κ1) is 18.6. The van der Waals surface area contributed by atoms with Crippen LogP contribution in [-0.2, 0) is 0 Å². The maximum Gasteiger partial charge on any atom is 0.159 e. The van der Waals surface area contributed by atoms with Gasteiger partial charge < -0.3 is 0 Å². The zero-order valence-corrected chi connectivity index (χ0v) is 15.5. The molecule has 0 amide bonds. The first-order chi connectivity index (χ1) is 12.2. The Hall–Kier alpha value is -1.18. The second-order valence-corrected chi connectivity index (χ2v) is 8.24. The van der Waals surface area contributed by atoms with Crippen molar-refractivity contribution in [1.82, 2.24) is 0 Å². The van der Waals surface area contributed by atoms with Crippen LogP contribution in [0.2, 0.25) is 0 Å². The molecule has 0 heterocycles. The summed E-state index contributed by atoms with van der Waals surface area (Å²) in [6.45, 7) is 2.29. The van der Waals surface area contributed by atoms with Crippen molar-refractivity contribution in [1.29, 1.82) is 0 Å². The SMILES string of the molecule is CCCC1CCC(/C=C/C2CCC(c3ccc(F)c(F)c3)CC2)CC1. The largest absolute Gasteiger partial charge is 0.204 e. The number of hydrogen-bond acceptors (Lipinski definition) is 0. The van der Waals surface area contributed by atoms with Gasteiger partial charge in [0.25, 0.3) is 0 Å². The van der Waals surface area contributed by atoms with Gasteiger partial charge in [0.15, 0.2) is 11.6 Å². The average molecular weight is 347 g/mol. The monoisotopic (exact) mass is 346 g/mol. The van der Waals surface area contributed by atoms with E-state index in [1.165, 1.54) is 63.5 Å². The van der Waals surface area contributed by atoms with E-state index in [1.54, 1.807) is 6.07 Å². The van der Waals surface area contributed by atoms with E-state index in [0.717, 1.165) is 30.2 Å². The van der Waals surface area contributed by atoms with Gasteiger partial charge in [-0.05, 0) is 92.7 Å². The summed E-state index contributed by atoms with van der Waals surface area (Å²) < 4.78 is 26.5. The Morgan fingerprint density at radius 1 is 0.840 bits per heavy atom. The molecule has 0 N–H and O–H groups in total. The van der Waals surface area contributed by atoms with Gasteiger partial charge in [0.2, 0.25) is 0 Å². The van der Waals surface area contributed by atoms with Crippen LogP contribution in [0, 0.1) is 29.4 Å². The molecule has 25 heavy (non-hydrogen) atoms. The molecule has 3 rings (SSSR count). The standard InChI is InChI=1S/C23H32F2/c1-2-3-17-4-6-18(7-5-17)8-9-19-10-12-20(13-11-19)21-14-15-22(24)23(25)16-21/h8-9,14-20H,2-7,10-13H2,1H3/b9-8+. The van der Waals surface area contributed by atoms with Crippen molar-refractivity contribution >= 4 is 0 Å². The number of hydrogen-bond donors (Lipinski definition) is 0. The van der Waals surface area contributed by atoms with Gasteiger partial charge in [0.1, 0.15) is 0 Å². The fraction of sp³-hybridized carbons (Fsp3) is 0.652. The summed E-state index contributed by atoms with van der Waals surface area (Å²) in [4.78, 5) is 0. The molecule has 1 aromatic rings. The third-order valence-corrected chi connectivity index (χ3v) is 6.43. The number of rotatable bonds is 5. The lowest BCUT2D eigenvalue weighted by Crippen LogP contribution is -2.14. The van der Waals surface area contributed by atoms with Gasteiger partial charge in [0, 0.05) is 0 Å². The Balaban J connectivity index is 1.44. The lowest BCUT2D eigenvalue weighted by atomic mass is 9.77. The maximum atomic E-state index is 13.4. The van der Waals surface area contributed by atoms with Crippen LogP contribution >= 0.6 is 0 Å². The molecule has 2 heteroatoms. The van der Waals surface area contributed by atoms with E-state index >= 15 is 0 Å². The van der Waals surface area contributed by atoms with Crippen molar-refractivity contribution in [2.45, 2.75) is 77.0 Å². The molecule has 0 unspecified atom stereocenters. The highest BCUT2D eigenvalue weighted by molar-refractivity contribution is 5.22. The normalized spacial score (nSPS) is 30.7. The summed E-state index contributed by atoms with van der Waals surface area (Å²) in [5.74, 6) is 1.38. The lowest BCUT2D eigenvalue weighted by molar-refractivity contribution is 0.292. The highest BCUT2D eigenvalue weighted by Crippen LogP contribution is 2.38. The zero-order chi connectivity index (χ0) is 17.6. The molecule has 2 saturated carbocycles. The summed E-state index contributed by atoms with van der Waals surface area (Å²) in [5.41, 5.74) is 0.968. The van der Waals surface area contributed by atoms with Crippen molar-refractivity contribution in [3.05, 3.63) is 47.5 Å². The quantitative estimate of drug-likeness (QED) is 0.487. The van der Waals surface area contributed by atoms with E-state index in [-0.39, 0.29) is 0 Å². The molecule has 0 aromatic heterocycles. The Morgan fingerprint density at radius 3 is 2.00 bits per heavy atom. The van der Waals surface area contributed by atoms with Crippen molar-refractivity contribution in [2.24, 2.45) is 17.8 Å². The van der Waals surface area contributed by atoms with E-state index in [1.807, 2.05) is 0 Å². The van der Waals surface area contributed by atoms with Crippen molar-refractivity contribution in [2.75, 3.05) is 0 Å². The average Bonchev–Trinajstić information content (AvgIpc) is 2.64. The van der Waals surface area contributed by atoms with Crippen molar-refractivity contribution in [3.63, 3.8) is 0 Å². The van der Waals surface area contributed by atoms with Crippen LogP contribution in [0.25, 0.3) is 0 Å². The molecule has 0 nitrogen and oxygen atoms in total. The van der Waals surface area contributed by atoms with Crippen LogP contribution in [-0.4, -0.2) is 0 Å². The molecule has 0 aliphatic heterocycles. The molecule has 138 valence electrons. The number of benzene rings is 1. The van der Waals surface area contributed by atoms with E-state index < -0.39 is 11.6 Å². The van der Waals surface area contributed by atoms with Crippen LogP contribution < -0.4 is 0 Å². The van der Waals surface area contributed by atoms with E-state index in [4.69, 9.17) is 0 Å². The van der Waals surface area contributed by atoms with Crippen LogP contribution in [0.5, 0.6) is 0 Å². The fourth-order valence-electron chi connectivity index (χ4n) is 4.80. The van der Waals surface area contributed by atoms with Crippen LogP contribution in [0.15, 0.2) is 30.4 Å². The highest BCUT2D eigenvalue weighted by Gasteiger charge is 2.23. The molecule has 2 fully saturated rings. The Bertz CT molecular complexity index is 561. The summed E-state index contributed by atoms with van der Waals surface area (Å²) in [6, 6.07) is 4.42. The minimum Gasteiger partial charge on any atom is -0.204 e. The third-order valence-electron chi connectivity index (χ3n) is 6.43. The molecule has 0 saturated heterocycles. The second kappa shape index (κ2) is 8.96. The Morgan fingerprint density at radius 2 is 1.44 bits per heavy atom. The minimum atomic E-state index is -0.742. The van der Waals surface area contributed by atoms with Gasteiger partial charge in [0.05, 0.1) is 0 Å². The van der Waals surface area contributed by atoms with E-state index in [2.05, 4.69) is 19.1 Å². The van der Waals surface area contributed by atoms with Crippen molar-refractivity contribution in [3.8, 4) is 0 Å². The Kier molecular flexibility index (Phi) is 6.67. The van der Waals surface area contributed by atoms with E-state index in [0.29, 0.717) is 11.8 Å². The predicted molar refractivity (Wildman–Crippen MR) is 101 cm³/mol. The molecule has 2 aliphatic rings. The predicted octanol–water partition coefficient (Wildman–Crippen LogP) is 7.40. The van der Waals surface area contributed by atoms with Crippen LogP contribution in [0.3, 0.4) is 0 Å². The van der Waals surface area contributed by atoms with Gasteiger partial charge in [-0.15, -0.1) is 0 Å². The first-order valence-corrected chi connectivity index (χ1v) is 10.3. The summed E-state index contributed by atoms with van der Waals surface area (Å²) in [7, 11) is 0. The van der Waals surface area contributed by atoms with Gasteiger partial charge in [-0.1, -0.05) is 38.0 Å². The minimum absolute atomic E-state index is 0.393. The topological polar surface area (TPSA) is 0 Å². The lowest BCUT2D eigenvalue weighted by Gasteiger charge is -2.29. The summed E-state index contributed by atoms with van der Waals surface area (Å²) in [6.07, 6.45) is 17.8. The molecule has 2 aliphatic carbocycles. The number of halogens is 2. The fourth-order valence-corrected chi connectivity index (χ4v) is 4.80. The maximum absolute atomic E-state index is 13.4. The summed E-state index contributed by atoms with van der Waals surface area (Å²) in [5, 5.41) is 0. The molecule has 0 radical (unpaired) electrons. The first-order valence-electron chi connectivity index (χ1n) is 10.3. The molecular formula is C23H32F2. The van der Waals surface area contributed by atoms with Crippen LogP contribution in [0.4, 0.5) is 8.78 Å². The van der Waals surface area contributed by atoms with Gasteiger partial charge in [-0.2, -0.15) is 0 Å². The van der Waals surface area contributed by atoms with Gasteiger partial charge in [-0.3, -0.25) is 0 Å².